The lowest BCUT2D eigenvalue weighted by atomic mass is 9.64. The molecule has 7 heteroatoms. The van der Waals surface area contributed by atoms with Crippen molar-refractivity contribution in [2.75, 3.05) is 4.90 Å². The SMILES string of the molecule is O=C(c1ccc(Cl)cc1)[C@H]1[C@H](c2ccc(Cl)cc2)C2(C(=O)c3ccccc3C2=O)[C@@H]2C=Cc3cc(F)ccc3N21. The van der Waals surface area contributed by atoms with Gasteiger partial charge in [-0.1, -0.05) is 71.8 Å². The molecule has 3 aliphatic rings. The minimum atomic E-state index is -1.63. The fraction of sp³-hybridized carbons (Fsp3) is 0.121. The fourth-order valence-corrected chi connectivity index (χ4v) is 7.03. The van der Waals surface area contributed by atoms with Crippen LogP contribution in [0.25, 0.3) is 6.08 Å². The van der Waals surface area contributed by atoms with Crippen LogP contribution in [-0.2, 0) is 0 Å². The molecule has 2 aliphatic heterocycles. The van der Waals surface area contributed by atoms with E-state index in [1.165, 1.54) is 12.1 Å². The average molecular weight is 568 g/mol. The summed E-state index contributed by atoms with van der Waals surface area (Å²) in [4.78, 5) is 45.5. The molecule has 0 saturated carbocycles. The molecule has 40 heavy (non-hydrogen) atoms. The summed E-state index contributed by atoms with van der Waals surface area (Å²) in [5.74, 6) is -2.23. The average Bonchev–Trinajstić information content (AvgIpc) is 3.39. The molecule has 1 fully saturated rings. The van der Waals surface area contributed by atoms with Crippen LogP contribution in [0.15, 0.2) is 97.1 Å². The van der Waals surface area contributed by atoms with Gasteiger partial charge >= 0.3 is 0 Å². The number of benzene rings is 4. The number of fused-ring (bicyclic) bond motifs is 5. The van der Waals surface area contributed by atoms with Crippen LogP contribution in [-0.4, -0.2) is 29.4 Å². The van der Waals surface area contributed by atoms with E-state index in [2.05, 4.69) is 0 Å². The van der Waals surface area contributed by atoms with Crippen LogP contribution >= 0.6 is 23.2 Å². The first-order valence-electron chi connectivity index (χ1n) is 12.8. The van der Waals surface area contributed by atoms with E-state index in [-0.39, 0.29) is 17.3 Å². The molecule has 1 saturated heterocycles. The van der Waals surface area contributed by atoms with E-state index >= 15 is 0 Å². The van der Waals surface area contributed by atoms with Crippen molar-refractivity contribution in [2.24, 2.45) is 5.41 Å². The second-order valence-electron chi connectivity index (χ2n) is 10.3. The molecule has 4 aromatic carbocycles. The topological polar surface area (TPSA) is 54.5 Å². The van der Waals surface area contributed by atoms with Gasteiger partial charge in [0.2, 0.25) is 0 Å². The van der Waals surface area contributed by atoms with Crippen LogP contribution in [0.2, 0.25) is 10.0 Å². The lowest BCUT2D eigenvalue weighted by Crippen LogP contribution is -2.48. The molecule has 0 N–H and O–H groups in total. The van der Waals surface area contributed by atoms with Crippen molar-refractivity contribution >= 4 is 52.3 Å². The third-order valence-electron chi connectivity index (χ3n) is 8.39. The van der Waals surface area contributed by atoms with Crippen molar-refractivity contribution in [3.8, 4) is 0 Å². The standard InChI is InChI=1S/C33H20Cl2FNO3/c34-21-10-5-18(6-11-21)28-29(30(38)19-7-12-22(35)13-8-19)37-26-15-14-23(36)17-20(26)9-16-27(37)33(28)31(39)24-3-1-2-4-25(24)32(33)40/h1-17,27-29H/t27-,28-,29+/m0/s1. The number of nitrogens with zero attached hydrogens (tertiary/aromatic N) is 1. The van der Waals surface area contributed by atoms with Crippen LogP contribution in [0.1, 0.15) is 48.1 Å². The number of rotatable bonds is 3. The number of hydrogen-bond acceptors (Lipinski definition) is 4. The van der Waals surface area contributed by atoms with E-state index in [0.29, 0.717) is 43.5 Å². The van der Waals surface area contributed by atoms with Gasteiger partial charge in [-0.05, 0) is 60.2 Å². The zero-order valence-electron chi connectivity index (χ0n) is 20.9. The molecule has 0 unspecified atom stereocenters. The number of ketones is 3. The minimum absolute atomic E-state index is 0.277. The molecular formula is C33H20Cl2FNO3. The van der Waals surface area contributed by atoms with Crippen LogP contribution in [0, 0.1) is 11.2 Å². The van der Waals surface area contributed by atoms with E-state index < -0.39 is 29.2 Å². The van der Waals surface area contributed by atoms with Crippen molar-refractivity contribution in [2.45, 2.75) is 18.0 Å². The van der Waals surface area contributed by atoms with Gasteiger partial charge in [0, 0.05) is 43.9 Å². The number of halogens is 3. The van der Waals surface area contributed by atoms with Gasteiger partial charge in [0.25, 0.3) is 0 Å². The van der Waals surface area contributed by atoms with Gasteiger partial charge in [0.1, 0.15) is 17.3 Å². The second kappa shape index (κ2) is 8.98. The van der Waals surface area contributed by atoms with Crippen molar-refractivity contribution in [1.82, 2.24) is 0 Å². The molecule has 1 spiro atoms. The van der Waals surface area contributed by atoms with E-state index in [1.807, 2.05) is 4.90 Å². The molecule has 0 aromatic heterocycles. The summed E-state index contributed by atoms with van der Waals surface area (Å²) in [6.07, 6.45) is 3.50. The van der Waals surface area contributed by atoms with E-state index in [1.54, 1.807) is 91.0 Å². The summed E-state index contributed by atoms with van der Waals surface area (Å²) in [5, 5.41) is 0.965. The maximum atomic E-state index is 14.6. The molecule has 196 valence electrons. The zero-order chi connectivity index (χ0) is 27.8. The Bertz CT molecular complexity index is 1730. The van der Waals surface area contributed by atoms with Gasteiger partial charge in [-0.3, -0.25) is 14.4 Å². The number of carbonyl (C=O) groups excluding carboxylic acids is 3. The van der Waals surface area contributed by atoms with Gasteiger partial charge < -0.3 is 4.90 Å². The number of anilines is 1. The van der Waals surface area contributed by atoms with Crippen LogP contribution in [0.3, 0.4) is 0 Å². The Labute approximate surface area is 239 Å². The van der Waals surface area contributed by atoms with Crippen LogP contribution in [0.4, 0.5) is 10.1 Å². The highest BCUT2D eigenvalue weighted by molar-refractivity contribution is 6.33. The van der Waals surface area contributed by atoms with Gasteiger partial charge in [-0.15, -0.1) is 0 Å². The summed E-state index contributed by atoms with van der Waals surface area (Å²) >= 11 is 12.4. The third kappa shape index (κ3) is 3.34. The summed E-state index contributed by atoms with van der Waals surface area (Å²) in [6.45, 7) is 0. The Kier molecular flexibility index (Phi) is 5.60. The summed E-state index contributed by atoms with van der Waals surface area (Å²) in [5.41, 5.74) is 1.21. The van der Waals surface area contributed by atoms with Crippen molar-refractivity contribution < 1.29 is 18.8 Å². The van der Waals surface area contributed by atoms with Gasteiger partial charge in [0.15, 0.2) is 17.3 Å². The van der Waals surface area contributed by atoms with Crippen molar-refractivity contribution in [3.63, 3.8) is 0 Å². The van der Waals surface area contributed by atoms with Crippen molar-refractivity contribution in [1.29, 1.82) is 0 Å². The molecule has 4 nitrogen and oxygen atoms in total. The highest BCUT2D eigenvalue weighted by atomic mass is 35.5. The van der Waals surface area contributed by atoms with Gasteiger partial charge in [0.05, 0.1) is 6.04 Å². The Morgan fingerprint density at radius 2 is 1.40 bits per heavy atom. The van der Waals surface area contributed by atoms with E-state index in [4.69, 9.17) is 23.2 Å². The Hall–Kier alpha value is -4.06. The Morgan fingerprint density at radius 3 is 2.02 bits per heavy atom. The first kappa shape index (κ1) is 24.9. The molecule has 7 rings (SSSR count). The fourth-order valence-electron chi connectivity index (χ4n) is 6.78. The quantitative estimate of drug-likeness (QED) is 0.190. The van der Waals surface area contributed by atoms with E-state index in [0.717, 1.165) is 0 Å². The highest BCUT2D eigenvalue weighted by Crippen LogP contribution is 2.61. The summed E-state index contributed by atoms with van der Waals surface area (Å²) in [6, 6.07) is 22.9. The lowest BCUT2D eigenvalue weighted by molar-refractivity contribution is 0.0666. The number of carbonyl (C=O) groups is 3. The number of hydrogen-bond donors (Lipinski definition) is 0. The molecule has 3 atom stereocenters. The normalized spacial score (nSPS) is 21.9. The largest absolute Gasteiger partial charge is 0.352 e. The predicted molar refractivity (Wildman–Crippen MR) is 153 cm³/mol. The highest BCUT2D eigenvalue weighted by Gasteiger charge is 2.71. The third-order valence-corrected chi connectivity index (χ3v) is 8.90. The molecule has 2 heterocycles. The molecule has 0 bridgehead atoms. The molecule has 0 radical (unpaired) electrons. The van der Waals surface area contributed by atoms with Crippen LogP contribution < -0.4 is 4.90 Å². The first-order chi connectivity index (χ1) is 19.3. The Morgan fingerprint density at radius 1 is 0.800 bits per heavy atom. The van der Waals surface area contributed by atoms with Gasteiger partial charge in [-0.25, -0.2) is 4.39 Å². The smallest absolute Gasteiger partial charge is 0.185 e. The lowest BCUT2D eigenvalue weighted by Gasteiger charge is -2.37. The van der Waals surface area contributed by atoms with Crippen molar-refractivity contribution in [3.05, 3.63) is 141 Å². The summed E-state index contributed by atoms with van der Waals surface area (Å²) < 4.78 is 14.3. The maximum Gasteiger partial charge on any atom is 0.185 e. The minimum Gasteiger partial charge on any atom is -0.352 e. The maximum absolute atomic E-state index is 14.6. The molecule has 0 amide bonds. The predicted octanol–water partition coefficient (Wildman–Crippen LogP) is 7.45. The summed E-state index contributed by atoms with van der Waals surface area (Å²) in [7, 11) is 0. The Balaban J connectivity index is 1.54. The van der Waals surface area contributed by atoms with Crippen LogP contribution in [0.5, 0.6) is 0 Å². The number of Topliss-reactive ketones (excluding diaryl/α,β-unsaturated/α-hetero) is 3. The van der Waals surface area contributed by atoms with Gasteiger partial charge in [-0.2, -0.15) is 0 Å². The van der Waals surface area contributed by atoms with E-state index in [9.17, 15) is 18.8 Å². The second-order valence-corrected chi connectivity index (χ2v) is 11.2. The molecule has 1 aliphatic carbocycles. The monoisotopic (exact) mass is 567 g/mol. The zero-order valence-corrected chi connectivity index (χ0v) is 22.4. The molecular weight excluding hydrogens is 548 g/mol. The molecule has 4 aromatic rings. The first-order valence-corrected chi connectivity index (χ1v) is 13.6.